The normalized spacial score (nSPS) is 12.9. The monoisotopic (exact) mass is 474 g/mol. The lowest BCUT2D eigenvalue weighted by Crippen LogP contribution is -2.45. The molecule has 2 aromatic rings. The van der Waals surface area contributed by atoms with Gasteiger partial charge in [0.2, 0.25) is 5.91 Å². The van der Waals surface area contributed by atoms with Crippen LogP contribution in [0.1, 0.15) is 61.7 Å². The van der Waals surface area contributed by atoms with Crippen LogP contribution in [0.4, 0.5) is 0 Å². The van der Waals surface area contributed by atoms with Crippen molar-refractivity contribution < 1.29 is 23.2 Å². The molecule has 0 aliphatic heterocycles. The van der Waals surface area contributed by atoms with Gasteiger partial charge in [-0.2, -0.15) is 0 Å². The quantitative estimate of drug-likeness (QED) is 0.464. The van der Waals surface area contributed by atoms with Crippen molar-refractivity contribution in [3.05, 3.63) is 70.8 Å². The van der Waals surface area contributed by atoms with Crippen LogP contribution < -0.4 is 11.1 Å². The number of carbonyl (C=O) groups excluding carboxylic acids is 2. The zero-order valence-electron chi connectivity index (χ0n) is 20.1. The molecule has 0 bridgehead atoms. The van der Waals surface area contributed by atoms with Crippen LogP contribution in [0.25, 0.3) is 0 Å². The summed E-state index contributed by atoms with van der Waals surface area (Å²) in [5.74, 6) is -1.01. The SMILES string of the molecule is CCOP(=O)(Cc1ccc(C(=O)N[C@@H](Cc2ccc(C(C)(C)C)cc2)C(N)=O)cc1)OCC. The molecular formula is C25H35N2O5P. The summed E-state index contributed by atoms with van der Waals surface area (Å²) in [4.78, 5) is 24.7. The summed E-state index contributed by atoms with van der Waals surface area (Å²) in [6.07, 6.45) is 0.417. The zero-order valence-corrected chi connectivity index (χ0v) is 21.0. The first kappa shape index (κ1) is 26.8. The summed E-state index contributed by atoms with van der Waals surface area (Å²) in [5, 5.41) is 2.72. The number of hydrogen-bond acceptors (Lipinski definition) is 5. The average Bonchev–Trinajstić information content (AvgIpc) is 2.73. The molecule has 7 nitrogen and oxygen atoms in total. The maximum atomic E-state index is 12.7. The average molecular weight is 475 g/mol. The summed E-state index contributed by atoms with van der Waals surface area (Å²) >= 11 is 0. The predicted octanol–water partition coefficient (Wildman–Crippen LogP) is 4.58. The van der Waals surface area contributed by atoms with Crippen LogP contribution >= 0.6 is 7.60 Å². The largest absolute Gasteiger partial charge is 0.368 e. The van der Waals surface area contributed by atoms with E-state index in [4.69, 9.17) is 14.8 Å². The van der Waals surface area contributed by atoms with Gasteiger partial charge in [0.25, 0.3) is 5.91 Å². The van der Waals surface area contributed by atoms with Crippen LogP contribution in [0.2, 0.25) is 0 Å². The second-order valence-electron chi connectivity index (χ2n) is 8.88. The van der Waals surface area contributed by atoms with Crippen molar-refractivity contribution in [3.63, 3.8) is 0 Å². The molecule has 2 rings (SSSR count). The van der Waals surface area contributed by atoms with Gasteiger partial charge in [-0.05, 0) is 48.1 Å². The smallest absolute Gasteiger partial charge is 0.335 e. The number of amides is 2. The zero-order chi connectivity index (χ0) is 24.6. The third-order valence-electron chi connectivity index (χ3n) is 5.15. The summed E-state index contributed by atoms with van der Waals surface area (Å²) < 4.78 is 23.3. The van der Waals surface area contributed by atoms with Gasteiger partial charge in [0.15, 0.2) is 0 Å². The van der Waals surface area contributed by atoms with Crippen LogP contribution in [-0.2, 0) is 36.4 Å². The fraction of sp³-hybridized carbons (Fsp3) is 0.440. The van der Waals surface area contributed by atoms with E-state index >= 15 is 0 Å². The Bertz CT molecular complexity index is 971. The number of benzene rings is 2. The van der Waals surface area contributed by atoms with E-state index in [0.29, 0.717) is 12.0 Å². The third-order valence-corrected chi connectivity index (χ3v) is 7.21. The van der Waals surface area contributed by atoms with Gasteiger partial charge in [0.05, 0.1) is 19.4 Å². The van der Waals surface area contributed by atoms with Crippen molar-refractivity contribution in [1.29, 1.82) is 0 Å². The first-order chi connectivity index (χ1) is 15.5. The Morgan fingerprint density at radius 3 is 1.91 bits per heavy atom. The van der Waals surface area contributed by atoms with Crippen molar-refractivity contribution in [3.8, 4) is 0 Å². The van der Waals surface area contributed by atoms with Crippen molar-refractivity contribution in [1.82, 2.24) is 5.32 Å². The number of primary amides is 1. The lowest BCUT2D eigenvalue weighted by Gasteiger charge is -2.20. The molecule has 0 heterocycles. The molecule has 0 unspecified atom stereocenters. The molecule has 8 heteroatoms. The van der Waals surface area contributed by atoms with Gasteiger partial charge in [-0.3, -0.25) is 14.2 Å². The van der Waals surface area contributed by atoms with Gasteiger partial charge in [-0.1, -0.05) is 57.2 Å². The molecular weight excluding hydrogens is 439 g/mol. The first-order valence-electron chi connectivity index (χ1n) is 11.1. The molecule has 0 fully saturated rings. The molecule has 1 atom stereocenters. The first-order valence-corrected chi connectivity index (χ1v) is 12.9. The molecule has 2 aromatic carbocycles. The Morgan fingerprint density at radius 1 is 0.939 bits per heavy atom. The Morgan fingerprint density at radius 2 is 1.45 bits per heavy atom. The summed E-state index contributed by atoms with van der Waals surface area (Å²) in [6, 6.07) is 13.7. The third kappa shape index (κ3) is 8.11. The molecule has 0 aliphatic carbocycles. The van der Waals surface area contributed by atoms with Crippen LogP contribution in [-0.4, -0.2) is 31.1 Å². The Hall–Kier alpha value is -2.47. The van der Waals surface area contributed by atoms with Crippen LogP contribution in [0.15, 0.2) is 48.5 Å². The van der Waals surface area contributed by atoms with E-state index in [1.807, 2.05) is 24.3 Å². The van der Waals surface area contributed by atoms with Crippen molar-refractivity contribution in [2.75, 3.05) is 13.2 Å². The van der Waals surface area contributed by atoms with Crippen LogP contribution in [0.3, 0.4) is 0 Å². The molecule has 0 aromatic heterocycles. The minimum Gasteiger partial charge on any atom is -0.368 e. The van der Waals surface area contributed by atoms with E-state index in [0.717, 1.165) is 11.1 Å². The number of carbonyl (C=O) groups is 2. The van der Waals surface area contributed by atoms with Crippen molar-refractivity contribution in [2.24, 2.45) is 5.73 Å². The van der Waals surface area contributed by atoms with E-state index in [2.05, 4.69) is 26.1 Å². The van der Waals surface area contributed by atoms with Crippen LogP contribution in [0, 0.1) is 0 Å². The van der Waals surface area contributed by atoms with Gasteiger partial charge < -0.3 is 20.1 Å². The second-order valence-corrected chi connectivity index (χ2v) is 10.9. The molecule has 2 amide bonds. The highest BCUT2D eigenvalue weighted by atomic mass is 31.2. The highest BCUT2D eigenvalue weighted by Crippen LogP contribution is 2.51. The number of rotatable bonds is 11. The molecule has 33 heavy (non-hydrogen) atoms. The van der Waals surface area contributed by atoms with Gasteiger partial charge in [-0.15, -0.1) is 0 Å². The van der Waals surface area contributed by atoms with E-state index in [1.165, 1.54) is 5.56 Å². The topological polar surface area (TPSA) is 108 Å². The molecule has 0 aliphatic rings. The maximum Gasteiger partial charge on any atom is 0.335 e. The molecule has 0 saturated carbocycles. The number of hydrogen-bond donors (Lipinski definition) is 2. The fourth-order valence-electron chi connectivity index (χ4n) is 3.35. The fourth-order valence-corrected chi connectivity index (χ4v) is 5.05. The van der Waals surface area contributed by atoms with E-state index in [-0.39, 0.29) is 24.8 Å². The van der Waals surface area contributed by atoms with Gasteiger partial charge >= 0.3 is 7.60 Å². The number of nitrogens with one attached hydrogen (secondary N) is 1. The predicted molar refractivity (Wildman–Crippen MR) is 130 cm³/mol. The lowest BCUT2D eigenvalue weighted by molar-refractivity contribution is -0.119. The highest BCUT2D eigenvalue weighted by molar-refractivity contribution is 7.53. The molecule has 3 N–H and O–H groups in total. The minimum absolute atomic E-state index is 0.0288. The maximum absolute atomic E-state index is 12.7. The summed E-state index contributed by atoms with van der Waals surface area (Å²) in [5.41, 5.74) is 8.76. The Labute approximate surface area is 196 Å². The van der Waals surface area contributed by atoms with Crippen molar-refractivity contribution >= 4 is 19.4 Å². The summed E-state index contributed by atoms with van der Waals surface area (Å²) in [6.45, 7) is 10.5. The van der Waals surface area contributed by atoms with Crippen molar-refractivity contribution in [2.45, 2.75) is 58.7 Å². The highest BCUT2D eigenvalue weighted by Gasteiger charge is 2.24. The lowest BCUT2D eigenvalue weighted by atomic mass is 9.86. The standard InChI is InChI=1S/C25H35N2O5P/c1-6-31-33(30,32-7-2)17-19-8-12-20(13-9-19)24(29)27-22(23(26)28)16-18-10-14-21(15-11-18)25(3,4)5/h8-15,22H,6-7,16-17H2,1-5H3,(H2,26,28)(H,27,29)/t22-/m0/s1. The minimum atomic E-state index is -3.23. The molecule has 0 saturated heterocycles. The van der Waals surface area contributed by atoms with E-state index in [9.17, 15) is 14.2 Å². The van der Waals surface area contributed by atoms with E-state index < -0.39 is 25.5 Å². The second kappa shape index (κ2) is 11.6. The van der Waals surface area contributed by atoms with Gasteiger partial charge in [-0.25, -0.2) is 0 Å². The molecule has 0 spiro atoms. The van der Waals surface area contributed by atoms with Gasteiger partial charge in [0, 0.05) is 12.0 Å². The van der Waals surface area contributed by atoms with E-state index in [1.54, 1.807) is 38.1 Å². The Kier molecular flexibility index (Phi) is 9.41. The molecule has 180 valence electrons. The number of nitrogens with two attached hydrogens (primary N) is 1. The molecule has 0 radical (unpaired) electrons. The van der Waals surface area contributed by atoms with Gasteiger partial charge in [0.1, 0.15) is 6.04 Å². The summed E-state index contributed by atoms with van der Waals surface area (Å²) in [7, 11) is -3.23. The van der Waals surface area contributed by atoms with Crippen LogP contribution in [0.5, 0.6) is 0 Å². The Balaban J connectivity index is 2.06.